The molecular weight excluding hydrogens is 901 g/mol. The Morgan fingerprint density at radius 2 is 0.703 bits per heavy atom. The zero-order chi connectivity index (χ0) is 49.9. The molecule has 0 saturated carbocycles. The van der Waals surface area contributed by atoms with Gasteiger partial charge in [-0.2, -0.15) is 0 Å². The Morgan fingerprint density at radius 3 is 1.16 bits per heavy atom. The van der Waals surface area contributed by atoms with Crippen LogP contribution in [0.1, 0.15) is 33.4 Å². The molecule has 0 radical (unpaired) electrons. The molecule has 0 aliphatic heterocycles. The number of aryl methyl sites for hydroxylation is 4. The fraction of sp³-hybridized carbons (Fsp3) is 0.0857. The van der Waals surface area contributed by atoms with Crippen molar-refractivity contribution in [1.29, 1.82) is 0 Å². The predicted molar refractivity (Wildman–Crippen MR) is 313 cm³/mol. The van der Waals surface area contributed by atoms with E-state index in [0.717, 1.165) is 88.9 Å². The van der Waals surface area contributed by atoms with Crippen molar-refractivity contribution in [1.82, 2.24) is 0 Å². The zero-order valence-electron chi connectivity index (χ0n) is 42.3. The lowest BCUT2D eigenvalue weighted by atomic mass is 9.91. The zero-order valence-corrected chi connectivity index (χ0v) is 42.3. The van der Waals surface area contributed by atoms with Crippen molar-refractivity contribution in [3.05, 3.63) is 240 Å². The maximum Gasteiger partial charge on any atom is 0.143 e. The van der Waals surface area contributed by atoms with Crippen LogP contribution in [-0.4, -0.2) is 0 Å². The first-order chi connectivity index (χ1) is 36.2. The van der Waals surface area contributed by atoms with E-state index in [-0.39, 0.29) is 0 Å². The van der Waals surface area contributed by atoms with E-state index >= 15 is 0 Å². The molecule has 0 unspecified atom stereocenters. The summed E-state index contributed by atoms with van der Waals surface area (Å²) in [6.07, 6.45) is 0. The first kappa shape index (κ1) is 43.7. The van der Waals surface area contributed by atoms with Crippen LogP contribution < -0.4 is 9.80 Å². The van der Waals surface area contributed by atoms with E-state index in [0.29, 0.717) is 0 Å². The van der Waals surface area contributed by atoms with E-state index < -0.39 is 0 Å². The topological polar surface area (TPSA) is 32.8 Å². The van der Waals surface area contributed by atoms with Crippen LogP contribution in [0.15, 0.2) is 215 Å². The van der Waals surface area contributed by atoms with Gasteiger partial charge in [0.15, 0.2) is 0 Å². The van der Waals surface area contributed by atoms with Gasteiger partial charge < -0.3 is 18.6 Å². The lowest BCUT2D eigenvalue weighted by Crippen LogP contribution is -2.15. The highest BCUT2D eigenvalue weighted by atomic mass is 16.3. The van der Waals surface area contributed by atoms with Crippen molar-refractivity contribution in [3.8, 4) is 22.3 Å². The fourth-order valence-corrected chi connectivity index (χ4v) is 12.1. The van der Waals surface area contributed by atoms with Crippen LogP contribution in [0.25, 0.3) is 98.4 Å². The Kier molecular flexibility index (Phi) is 9.87. The van der Waals surface area contributed by atoms with E-state index in [9.17, 15) is 0 Å². The standard InChI is InChI=1S/C70H52N2O2/c1-41-27-29-43(3)67(45(41)5)71(51-17-11-15-49(39-51)53-21-13-23-57-55-19-7-9-25-63(55)73-69(53)57)61-37-33-47-32-36-60-62(38-34-48-31-35-59(61)65(47)66(48)60)72(68-44(4)30-28-42(2)46(68)6)52-18-12-16-50(40-52)54-22-14-24-58-56-20-8-10-26-64(56)74-70(54)58/h7-40H,1-6H3. The first-order valence-corrected chi connectivity index (χ1v) is 25.7. The minimum Gasteiger partial charge on any atom is -0.455 e. The number of benzene rings is 12. The molecule has 4 nitrogen and oxygen atoms in total. The number of anilines is 6. The summed E-state index contributed by atoms with van der Waals surface area (Å²) in [5, 5.41) is 11.8. The van der Waals surface area contributed by atoms with Crippen LogP contribution in [0.5, 0.6) is 0 Å². The third kappa shape index (κ3) is 6.61. The van der Waals surface area contributed by atoms with Crippen molar-refractivity contribution in [3.63, 3.8) is 0 Å². The van der Waals surface area contributed by atoms with E-state index in [2.05, 4.69) is 245 Å². The molecule has 4 heteroatoms. The molecule has 0 amide bonds. The SMILES string of the molecule is Cc1ccc(C)c(N(c2cccc(-c3cccc4c3oc3ccccc34)c2)c2ccc3ccc4c(N(c5cccc(-c6cccc7c6oc6ccccc67)c5)c5c(C)ccc(C)c5C)ccc5ccc2c3c54)c1C. The van der Waals surface area contributed by atoms with Gasteiger partial charge >= 0.3 is 0 Å². The fourth-order valence-electron chi connectivity index (χ4n) is 12.1. The summed E-state index contributed by atoms with van der Waals surface area (Å²) in [4.78, 5) is 5.01. The van der Waals surface area contributed by atoms with Gasteiger partial charge in [-0.05, 0) is 156 Å². The molecular formula is C70H52N2O2. The number of nitrogens with zero attached hydrogens (tertiary/aromatic N) is 2. The smallest absolute Gasteiger partial charge is 0.143 e. The normalized spacial score (nSPS) is 11.9. The predicted octanol–water partition coefficient (Wildman–Crippen LogP) is 20.5. The van der Waals surface area contributed by atoms with Crippen molar-refractivity contribution in [2.75, 3.05) is 9.80 Å². The van der Waals surface area contributed by atoms with E-state index in [1.165, 1.54) is 77.1 Å². The summed E-state index contributed by atoms with van der Waals surface area (Å²) >= 11 is 0. The van der Waals surface area contributed by atoms with Crippen molar-refractivity contribution < 1.29 is 8.83 Å². The number of furan rings is 2. The third-order valence-electron chi connectivity index (χ3n) is 16.0. The van der Waals surface area contributed by atoms with Gasteiger partial charge in [-0.3, -0.25) is 0 Å². The van der Waals surface area contributed by atoms with Crippen LogP contribution in [0.3, 0.4) is 0 Å². The molecule has 14 aromatic rings. The third-order valence-corrected chi connectivity index (χ3v) is 16.0. The van der Waals surface area contributed by atoms with Gasteiger partial charge in [-0.15, -0.1) is 0 Å². The number of para-hydroxylation sites is 4. The number of hydrogen-bond donors (Lipinski definition) is 0. The van der Waals surface area contributed by atoms with E-state index in [1.807, 2.05) is 12.1 Å². The summed E-state index contributed by atoms with van der Waals surface area (Å²) < 4.78 is 13.2. The molecule has 0 bridgehead atoms. The molecule has 0 spiro atoms. The second-order valence-electron chi connectivity index (χ2n) is 20.3. The monoisotopic (exact) mass is 952 g/mol. The Hall–Kier alpha value is -9.12. The Morgan fingerprint density at radius 1 is 0.311 bits per heavy atom. The molecule has 12 aromatic carbocycles. The maximum atomic E-state index is 6.62. The molecule has 0 aliphatic carbocycles. The number of fused-ring (bicyclic) bond motifs is 6. The van der Waals surface area contributed by atoms with Crippen molar-refractivity contribution in [2.24, 2.45) is 0 Å². The van der Waals surface area contributed by atoms with Gasteiger partial charge in [0.25, 0.3) is 0 Å². The molecule has 0 fully saturated rings. The molecule has 74 heavy (non-hydrogen) atoms. The average Bonchev–Trinajstić information content (AvgIpc) is 4.03. The minimum absolute atomic E-state index is 0.896. The number of rotatable bonds is 8. The van der Waals surface area contributed by atoms with E-state index in [1.54, 1.807) is 0 Å². The van der Waals surface area contributed by atoms with Crippen LogP contribution >= 0.6 is 0 Å². The quantitative estimate of drug-likeness (QED) is 0.142. The Balaban J connectivity index is 0.989. The molecule has 2 aromatic heterocycles. The van der Waals surface area contributed by atoms with Gasteiger partial charge in [0.1, 0.15) is 22.3 Å². The highest BCUT2D eigenvalue weighted by Gasteiger charge is 2.26. The van der Waals surface area contributed by atoms with Gasteiger partial charge in [-0.25, -0.2) is 0 Å². The Bertz CT molecular complexity index is 4300. The molecule has 0 saturated heterocycles. The summed E-state index contributed by atoms with van der Waals surface area (Å²) in [5.74, 6) is 0. The highest BCUT2D eigenvalue weighted by Crippen LogP contribution is 2.51. The number of hydrogen-bond acceptors (Lipinski definition) is 4. The van der Waals surface area contributed by atoms with Gasteiger partial charge in [0.05, 0.1) is 22.7 Å². The summed E-state index contributed by atoms with van der Waals surface area (Å²) in [5.41, 5.74) is 22.2. The first-order valence-electron chi connectivity index (χ1n) is 25.7. The van der Waals surface area contributed by atoms with Crippen molar-refractivity contribution in [2.45, 2.75) is 41.5 Å². The molecule has 0 N–H and O–H groups in total. The second kappa shape index (κ2) is 16.7. The molecule has 354 valence electrons. The summed E-state index contributed by atoms with van der Waals surface area (Å²) in [6.45, 7) is 13.5. The lowest BCUT2D eigenvalue weighted by molar-refractivity contribution is 0.669. The van der Waals surface area contributed by atoms with Crippen LogP contribution in [0, 0.1) is 41.5 Å². The molecule has 14 rings (SSSR count). The summed E-state index contributed by atoms with van der Waals surface area (Å²) in [7, 11) is 0. The minimum atomic E-state index is 0.896. The Labute approximate surface area is 430 Å². The maximum absolute atomic E-state index is 6.62. The lowest BCUT2D eigenvalue weighted by Gasteiger charge is -2.32. The van der Waals surface area contributed by atoms with Crippen LogP contribution in [0.2, 0.25) is 0 Å². The highest BCUT2D eigenvalue weighted by molar-refractivity contribution is 6.28. The largest absolute Gasteiger partial charge is 0.455 e. The van der Waals surface area contributed by atoms with Gasteiger partial charge in [-0.1, -0.05) is 158 Å². The average molecular weight is 953 g/mol. The van der Waals surface area contributed by atoms with Gasteiger partial charge in [0, 0.05) is 54.8 Å². The van der Waals surface area contributed by atoms with Crippen LogP contribution in [-0.2, 0) is 0 Å². The molecule has 0 aliphatic rings. The second-order valence-corrected chi connectivity index (χ2v) is 20.3. The van der Waals surface area contributed by atoms with Gasteiger partial charge in [0.2, 0.25) is 0 Å². The molecule has 2 heterocycles. The van der Waals surface area contributed by atoms with E-state index in [4.69, 9.17) is 8.83 Å². The van der Waals surface area contributed by atoms with Crippen LogP contribution in [0.4, 0.5) is 34.1 Å². The van der Waals surface area contributed by atoms with Crippen molar-refractivity contribution >= 4 is 110 Å². The summed E-state index contributed by atoms with van der Waals surface area (Å²) in [6, 6.07) is 75.3. The molecule has 0 atom stereocenters.